The maximum absolute atomic E-state index is 11.9. The molecule has 0 aliphatic heterocycles. The summed E-state index contributed by atoms with van der Waals surface area (Å²) in [7, 11) is 0. The minimum absolute atomic E-state index is 0.168. The van der Waals surface area contributed by atoms with E-state index in [2.05, 4.69) is 36.3 Å². The first-order valence-electron chi connectivity index (χ1n) is 7.22. The van der Waals surface area contributed by atoms with Gasteiger partial charge in [0.15, 0.2) is 0 Å². The van der Waals surface area contributed by atoms with E-state index in [0.29, 0.717) is 6.54 Å². The first kappa shape index (κ1) is 15.5. The van der Waals surface area contributed by atoms with Crippen LogP contribution in [-0.4, -0.2) is 27.0 Å². The molecule has 0 bridgehead atoms. The van der Waals surface area contributed by atoms with Crippen LogP contribution in [0.2, 0.25) is 0 Å². The Kier molecular flexibility index (Phi) is 4.05. The molecule has 1 unspecified atom stereocenters. The molecule has 3 N–H and O–H groups in total. The van der Waals surface area contributed by atoms with E-state index in [1.165, 1.54) is 11.1 Å². The summed E-state index contributed by atoms with van der Waals surface area (Å²) in [5, 5.41) is 3.26. The fourth-order valence-corrected chi connectivity index (χ4v) is 2.61. The third kappa shape index (κ3) is 3.08. The van der Waals surface area contributed by atoms with Gasteiger partial charge in [0.25, 0.3) is 0 Å². The molecule has 0 spiro atoms. The molecule has 0 radical (unpaired) electrons. The third-order valence-corrected chi connectivity index (χ3v) is 3.87. The maximum Gasteiger partial charge on any atom is 0.239 e. The van der Waals surface area contributed by atoms with Crippen LogP contribution in [0.25, 0.3) is 11.0 Å². The molecule has 1 aromatic carbocycles. The van der Waals surface area contributed by atoms with E-state index in [0.717, 1.165) is 11.0 Å². The predicted molar refractivity (Wildman–Crippen MR) is 85.1 cm³/mol. The number of rotatable bonds is 5. The summed E-state index contributed by atoms with van der Waals surface area (Å²) in [5.74, 6) is -0.359. The lowest BCUT2D eigenvalue weighted by Gasteiger charge is -2.30. The highest BCUT2D eigenvalue weighted by atomic mass is 16.1. The molecule has 5 nitrogen and oxygen atoms in total. The fourth-order valence-electron chi connectivity index (χ4n) is 2.61. The Hall–Kier alpha value is -1.88. The van der Waals surface area contributed by atoms with Crippen molar-refractivity contribution in [3.63, 3.8) is 0 Å². The van der Waals surface area contributed by atoms with Crippen molar-refractivity contribution >= 4 is 16.9 Å². The molecule has 0 aliphatic carbocycles. The van der Waals surface area contributed by atoms with Gasteiger partial charge in [0.1, 0.15) is 5.54 Å². The van der Waals surface area contributed by atoms with Crippen molar-refractivity contribution in [1.29, 1.82) is 0 Å². The topological polar surface area (TPSA) is 72.9 Å². The Morgan fingerprint density at radius 1 is 1.38 bits per heavy atom. The number of carbonyl (C=O) groups is 1. The minimum atomic E-state index is -0.805. The largest absolute Gasteiger partial charge is 0.368 e. The SMILES string of the molecule is Cc1cc2ncn(CC(C)(NC(C)C)C(N)=O)c2cc1C. The summed E-state index contributed by atoms with van der Waals surface area (Å²) in [6.45, 7) is 10.4. The van der Waals surface area contributed by atoms with Gasteiger partial charge in [-0.3, -0.25) is 10.1 Å². The Balaban J connectivity index is 2.42. The number of nitrogens with zero attached hydrogens (tertiary/aromatic N) is 2. The van der Waals surface area contributed by atoms with E-state index in [4.69, 9.17) is 5.73 Å². The third-order valence-electron chi connectivity index (χ3n) is 3.87. The van der Waals surface area contributed by atoms with Crippen LogP contribution in [0.4, 0.5) is 0 Å². The van der Waals surface area contributed by atoms with Crippen LogP contribution in [0.1, 0.15) is 31.9 Å². The molecule has 0 saturated carbocycles. The van der Waals surface area contributed by atoms with Crippen molar-refractivity contribution in [2.24, 2.45) is 5.73 Å². The Labute approximate surface area is 125 Å². The number of amides is 1. The lowest BCUT2D eigenvalue weighted by molar-refractivity contribution is -0.124. The van der Waals surface area contributed by atoms with Gasteiger partial charge < -0.3 is 10.3 Å². The summed E-state index contributed by atoms with van der Waals surface area (Å²) in [6, 6.07) is 4.34. The van der Waals surface area contributed by atoms with E-state index < -0.39 is 5.54 Å². The zero-order chi connectivity index (χ0) is 15.8. The van der Waals surface area contributed by atoms with Gasteiger partial charge in [0.05, 0.1) is 23.9 Å². The zero-order valence-electron chi connectivity index (χ0n) is 13.4. The van der Waals surface area contributed by atoms with Crippen molar-refractivity contribution in [3.8, 4) is 0 Å². The number of aromatic nitrogens is 2. The maximum atomic E-state index is 11.9. The highest BCUT2D eigenvalue weighted by Crippen LogP contribution is 2.20. The quantitative estimate of drug-likeness (QED) is 0.882. The molecular formula is C16H24N4O. The molecule has 1 aromatic heterocycles. The molecular weight excluding hydrogens is 264 g/mol. The summed E-state index contributed by atoms with van der Waals surface area (Å²) >= 11 is 0. The second-order valence-electron chi connectivity index (χ2n) is 6.29. The number of primary amides is 1. The van der Waals surface area contributed by atoms with Crippen molar-refractivity contribution in [1.82, 2.24) is 14.9 Å². The van der Waals surface area contributed by atoms with Gasteiger partial charge in [-0.2, -0.15) is 0 Å². The number of hydrogen-bond donors (Lipinski definition) is 2. The zero-order valence-corrected chi connectivity index (χ0v) is 13.4. The number of imidazole rings is 1. The van der Waals surface area contributed by atoms with Crippen LogP contribution in [0.15, 0.2) is 18.5 Å². The molecule has 0 fully saturated rings. The lowest BCUT2D eigenvalue weighted by atomic mass is 10.00. The van der Waals surface area contributed by atoms with Gasteiger partial charge >= 0.3 is 0 Å². The number of carbonyl (C=O) groups excluding carboxylic acids is 1. The van der Waals surface area contributed by atoms with Crippen LogP contribution in [0, 0.1) is 13.8 Å². The normalized spacial score (nSPS) is 14.6. The monoisotopic (exact) mass is 288 g/mol. The molecule has 2 aromatic rings. The number of benzene rings is 1. The molecule has 114 valence electrons. The number of aryl methyl sites for hydroxylation is 2. The predicted octanol–water partition coefficient (Wildman–Crippen LogP) is 1.90. The summed E-state index contributed by atoms with van der Waals surface area (Å²) in [5.41, 5.74) is 9.18. The van der Waals surface area contributed by atoms with Crippen molar-refractivity contribution in [2.75, 3.05) is 0 Å². The van der Waals surface area contributed by atoms with Crippen molar-refractivity contribution in [3.05, 3.63) is 29.6 Å². The molecule has 1 atom stereocenters. The van der Waals surface area contributed by atoms with Crippen molar-refractivity contribution < 1.29 is 4.79 Å². The van der Waals surface area contributed by atoms with Crippen LogP contribution in [0.5, 0.6) is 0 Å². The van der Waals surface area contributed by atoms with Crippen LogP contribution in [-0.2, 0) is 11.3 Å². The molecule has 1 heterocycles. The summed E-state index contributed by atoms with van der Waals surface area (Å²) in [4.78, 5) is 16.3. The van der Waals surface area contributed by atoms with E-state index in [1.54, 1.807) is 6.33 Å². The highest BCUT2D eigenvalue weighted by Gasteiger charge is 2.32. The highest BCUT2D eigenvalue weighted by molar-refractivity contribution is 5.84. The fraction of sp³-hybridized carbons (Fsp3) is 0.500. The number of fused-ring (bicyclic) bond motifs is 1. The summed E-state index contributed by atoms with van der Waals surface area (Å²) in [6.07, 6.45) is 1.77. The van der Waals surface area contributed by atoms with Gasteiger partial charge in [-0.05, 0) is 57.9 Å². The molecule has 2 rings (SSSR count). The second-order valence-corrected chi connectivity index (χ2v) is 6.29. The molecule has 1 amide bonds. The van der Waals surface area contributed by atoms with Gasteiger partial charge in [-0.25, -0.2) is 4.98 Å². The lowest BCUT2D eigenvalue weighted by Crippen LogP contribution is -2.57. The van der Waals surface area contributed by atoms with Gasteiger partial charge in [0, 0.05) is 6.04 Å². The Morgan fingerprint density at radius 2 is 2.00 bits per heavy atom. The average Bonchev–Trinajstić information content (AvgIpc) is 2.71. The number of nitrogens with two attached hydrogens (primary N) is 1. The van der Waals surface area contributed by atoms with Crippen LogP contribution in [0.3, 0.4) is 0 Å². The molecule has 0 saturated heterocycles. The number of hydrogen-bond acceptors (Lipinski definition) is 3. The van der Waals surface area contributed by atoms with E-state index in [9.17, 15) is 4.79 Å². The van der Waals surface area contributed by atoms with Gasteiger partial charge in [-0.1, -0.05) is 0 Å². The summed E-state index contributed by atoms with van der Waals surface area (Å²) < 4.78 is 1.99. The second kappa shape index (κ2) is 5.48. The van der Waals surface area contributed by atoms with Crippen LogP contribution < -0.4 is 11.1 Å². The molecule has 21 heavy (non-hydrogen) atoms. The van der Waals surface area contributed by atoms with E-state index in [1.807, 2.05) is 25.3 Å². The van der Waals surface area contributed by atoms with Crippen LogP contribution >= 0.6 is 0 Å². The molecule has 5 heteroatoms. The van der Waals surface area contributed by atoms with E-state index >= 15 is 0 Å². The first-order valence-corrected chi connectivity index (χ1v) is 7.22. The van der Waals surface area contributed by atoms with Crippen molar-refractivity contribution in [2.45, 2.75) is 52.7 Å². The van der Waals surface area contributed by atoms with E-state index in [-0.39, 0.29) is 11.9 Å². The average molecular weight is 288 g/mol. The van der Waals surface area contributed by atoms with Gasteiger partial charge in [-0.15, -0.1) is 0 Å². The smallest absolute Gasteiger partial charge is 0.239 e. The molecule has 0 aliphatic rings. The minimum Gasteiger partial charge on any atom is -0.368 e. The number of nitrogens with one attached hydrogen (secondary N) is 1. The standard InChI is InChI=1S/C16H24N4O/c1-10(2)19-16(5,15(17)21)8-20-9-18-13-6-11(3)12(4)7-14(13)20/h6-7,9-10,19H,8H2,1-5H3,(H2,17,21). The first-order chi connectivity index (χ1) is 9.73. The Bertz CT molecular complexity index is 674. The Morgan fingerprint density at radius 3 is 2.57 bits per heavy atom. The van der Waals surface area contributed by atoms with Gasteiger partial charge in [0.2, 0.25) is 5.91 Å².